The molecule has 0 unspecified atom stereocenters. The highest BCUT2D eigenvalue weighted by molar-refractivity contribution is 6.22. The van der Waals surface area contributed by atoms with E-state index >= 15 is 0 Å². The molecule has 4 nitrogen and oxygen atoms in total. The number of rotatable bonds is 3. The van der Waals surface area contributed by atoms with Gasteiger partial charge in [0.15, 0.2) is 0 Å². The number of benzene rings is 1. The standard InChI is InChI=1S/C12H11N3O/c13-12(16)10(11-6-7-14-15-11)8-9-4-2-1-3-5-9/h1-8H,(H2,13,16)(H,14,15). The van der Waals surface area contributed by atoms with E-state index in [1.807, 2.05) is 30.3 Å². The summed E-state index contributed by atoms with van der Waals surface area (Å²) in [4.78, 5) is 11.3. The van der Waals surface area contributed by atoms with Gasteiger partial charge >= 0.3 is 0 Å². The van der Waals surface area contributed by atoms with Gasteiger partial charge in [0.1, 0.15) is 0 Å². The number of hydrogen-bond acceptors (Lipinski definition) is 2. The van der Waals surface area contributed by atoms with Crippen LogP contribution in [0, 0.1) is 0 Å². The van der Waals surface area contributed by atoms with E-state index in [0.717, 1.165) is 5.56 Å². The van der Waals surface area contributed by atoms with Crippen LogP contribution in [0.15, 0.2) is 42.6 Å². The maximum atomic E-state index is 11.3. The van der Waals surface area contributed by atoms with Crippen molar-refractivity contribution in [3.05, 3.63) is 53.9 Å². The summed E-state index contributed by atoms with van der Waals surface area (Å²) < 4.78 is 0. The van der Waals surface area contributed by atoms with Crippen LogP contribution in [0.4, 0.5) is 0 Å². The second-order valence-electron chi connectivity index (χ2n) is 3.30. The summed E-state index contributed by atoms with van der Waals surface area (Å²) in [5.74, 6) is -0.479. The van der Waals surface area contributed by atoms with E-state index in [9.17, 15) is 4.79 Å². The lowest BCUT2D eigenvalue weighted by molar-refractivity contribution is -0.112. The molecule has 0 aliphatic heterocycles. The van der Waals surface area contributed by atoms with Crippen LogP contribution in [0.3, 0.4) is 0 Å². The molecule has 2 aromatic rings. The first-order valence-corrected chi connectivity index (χ1v) is 4.83. The number of nitrogens with zero attached hydrogens (tertiary/aromatic N) is 1. The zero-order valence-electron chi connectivity index (χ0n) is 8.55. The first-order valence-electron chi connectivity index (χ1n) is 4.83. The lowest BCUT2D eigenvalue weighted by atomic mass is 10.1. The highest BCUT2D eigenvalue weighted by Crippen LogP contribution is 2.15. The molecule has 0 spiro atoms. The Morgan fingerprint density at radius 1 is 1.25 bits per heavy atom. The van der Waals surface area contributed by atoms with Crippen LogP contribution < -0.4 is 5.73 Å². The van der Waals surface area contributed by atoms with E-state index in [4.69, 9.17) is 5.73 Å². The molecule has 1 amide bonds. The monoisotopic (exact) mass is 213 g/mol. The number of nitrogens with two attached hydrogens (primary N) is 1. The molecule has 3 N–H and O–H groups in total. The Morgan fingerprint density at radius 3 is 2.56 bits per heavy atom. The molecule has 1 heterocycles. The van der Waals surface area contributed by atoms with Gasteiger partial charge in [0.25, 0.3) is 5.91 Å². The van der Waals surface area contributed by atoms with Gasteiger partial charge < -0.3 is 5.73 Å². The number of carbonyl (C=O) groups excluding carboxylic acids is 1. The van der Waals surface area contributed by atoms with E-state index in [1.165, 1.54) is 0 Å². The fraction of sp³-hybridized carbons (Fsp3) is 0. The molecule has 1 aromatic carbocycles. The molecule has 2 rings (SSSR count). The van der Waals surface area contributed by atoms with E-state index < -0.39 is 5.91 Å². The number of amides is 1. The molecule has 16 heavy (non-hydrogen) atoms. The average Bonchev–Trinajstić information content (AvgIpc) is 2.80. The van der Waals surface area contributed by atoms with Gasteiger partial charge in [-0.25, -0.2) is 0 Å². The zero-order valence-corrected chi connectivity index (χ0v) is 8.55. The van der Waals surface area contributed by atoms with Crippen LogP contribution in [-0.4, -0.2) is 16.1 Å². The minimum atomic E-state index is -0.479. The Balaban J connectivity index is 2.42. The molecular weight excluding hydrogens is 202 g/mol. The number of aromatic nitrogens is 2. The number of primary amides is 1. The molecule has 80 valence electrons. The van der Waals surface area contributed by atoms with Gasteiger partial charge in [-0.15, -0.1) is 0 Å². The normalized spacial score (nSPS) is 11.4. The first kappa shape index (κ1) is 10.2. The van der Waals surface area contributed by atoms with Crippen LogP contribution in [0.2, 0.25) is 0 Å². The Labute approximate surface area is 92.8 Å². The minimum Gasteiger partial charge on any atom is -0.366 e. The molecule has 1 aromatic heterocycles. The SMILES string of the molecule is NC(=O)C(=Cc1ccccc1)c1ccn[nH]1. The molecule has 0 aliphatic rings. The summed E-state index contributed by atoms with van der Waals surface area (Å²) in [7, 11) is 0. The molecule has 0 fully saturated rings. The average molecular weight is 213 g/mol. The molecule has 0 bridgehead atoms. The molecule has 4 heteroatoms. The van der Waals surface area contributed by atoms with Gasteiger partial charge in [-0.2, -0.15) is 5.10 Å². The van der Waals surface area contributed by atoms with Crippen molar-refractivity contribution in [2.75, 3.05) is 0 Å². The van der Waals surface area contributed by atoms with Crippen LogP contribution in [0.25, 0.3) is 11.6 Å². The van der Waals surface area contributed by atoms with Crippen LogP contribution in [0.1, 0.15) is 11.3 Å². The summed E-state index contributed by atoms with van der Waals surface area (Å²) in [5.41, 5.74) is 7.28. The minimum absolute atomic E-state index is 0.420. The van der Waals surface area contributed by atoms with Crippen molar-refractivity contribution in [2.24, 2.45) is 5.73 Å². The summed E-state index contributed by atoms with van der Waals surface area (Å²) in [6, 6.07) is 11.2. The Morgan fingerprint density at radius 2 is 2.00 bits per heavy atom. The van der Waals surface area contributed by atoms with E-state index in [1.54, 1.807) is 18.3 Å². The quantitative estimate of drug-likeness (QED) is 0.757. The highest BCUT2D eigenvalue weighted by Gasteiger charge is 2.09. The number of aromatic amines is 1. The third-order valence-electron chi connectivity index (χ3n) is 2.17. The van der Waals surface area contributed by atoms with Crippen molar-refractivity contribution >= 4 is 17.6 Å². The van der Waals surface area contributed by atoms with Crippen molar-refractivity contribution < 1.29 is 4.79 Å². The van der Waals surface area contributed by atoms with Crippen LogP contribution >= 0.6 is 0 Å². The largest absolute Gasteiger partial charge is 0.366 e. The van der Waals surface area contributed by atoms with Crippen LogP contribution in [0.5, 0.6) is 0 Å². The van der Waals surface area contributed by atoms with E-state index in [0.29, 0.717) is 11.3 Å². The number of nitrogens with one attached hydrogen (secondary N) is 1. The van der Waals surface area contributed by atoms with Crippen molar-refractivity contribution in [1.29, 1.82) is 0 Å². The molecule has 0 saturated heterocycles. The van der Waals surface area contributed by atoms with Gasteiger partial charge in [-0.05, 0) is 17.7 Å². The molecule has 0 atom stereocenters. The second kappa shape index (κ2) is 4.44. The van der Waals surface area contributed by atoms with E-state index in [2.05, 4.69) is 10.2 Å². The summed E-state index contributed by atoms with van der Waals surface area (Å²) in [6.45, 7) is 0. The van der Waals surface area contributed by atoms with Gasteiger partial charge in [-0.1, -0.05) is 30.3 Å². The van der Waals surface area contributed by atoms with Gasteiger partial charge in [0, 0.05) is 6.20 Å². The fourth-order valence-corrected chi connectivity index (χ4v) is 1.40. The van der Waals surface area contributed by atoms with Gasteiger partial charge in [0.05, 0.1) is 11.3 Å². The Kier molecular flexibility index (Phi) is 2.82. The smallest absolute Gasteiger partial charge is 0.250 e. The maximum absolute atomic E-state index is 11.3. The van der Waals surface area contributed by atoms with Crippen molar-refractivity contribution in [2.45, 2.75) is 0 Å². The van der Waals surface area contributed by atoms with Crippen molar-refractivity contribution in [1.82, 2.24) is 10.2 Å². The van der Waals surface area contributed by atoms with Crippen molar-refractivity contribution in [3.63, 3.8) is 0 Å². The summed E-state index contributed by atoms with van der Waals surface area (Å²) >= 11 is 0. The number of carbonyl (C=O) groups is 1. The summed E-state index contributed by atoms with van der Waals surface area (Å²) in [6.07, 6.45) is 3.31. The second-order valence-corrected chi connectivity index (χ2v) is 3.30. The van der Waals surface area contributed by atoms with E-state index in [-0.39, 0.29) is 0 Å². The van der Waals surface area contributed by atoms with Gasteiger partial charge in [0.2, 0.25) is 0 Å². The first-order chi connectivity index (χ1) is 7.77. The number of H-pyrrole nitrogens is 1. The zero-order chi connectivity index (χ0) is 11.4. The fourth-order valence-electron chi connectivity index (χ4n) is 1.40. The predicted octanol–water partition coefficient (Wildman–Crippen LogP) is 1.44. The molecule has 0 saturated carbocycles. The van der Waals surface area contributed by atoms with Gasteiger partial charge in [-0.3, -0.25) is 9.89 Å². The Bertz CT molecular complexity index is 500. The number of hydrogen-bond donors (Lipinski definition) is 2. The third kappa shape index (κ3) is 2.17. The van der Waals surface area contributed by atoms with Crippen molar-refractivity contribution in [3.8, 4) is 0 Å². The van der Waals surface area contributed by atoms with Crippen LogP contribution in [-0.2, 0) is 4.79 Å². The summed E-state index contributed by atoms with van der Waals surface area (Å²) in [5, 5.41) is 6.51. The molecule has 0 aliphatic carbocycles. The lowest BCUT2D eigenvalue weighted by Crippen LogP contribution is -2.13. The topological polar surface area (TPSA) is 71.8 Å². The maximum Gasteiger partial charge on any atom is 0.250 e. The molecule has 0 radical (unpaired) electrons. The Hall–Kier alpha value is -2.36. The molecular formula is C12H11N3O. The predicted molar refractivity (Wildman–Crippen MR) is 62.1 cm³/mol. The highest BCUT2D eigenvalue weighted by atomic mass is 16.1. The lowest BCUT2D eigenvalue weighted by Gasteiger charge is -2.00. The third-order valence-corrected chi connectivity index (χ3v) is 2.17.